The smallest absolute Gasteiger partial charge is 0.289 e. The molecule has 0 unspecified atom stereocenters. The summed E-state index contributed by atoms with van der Waals surface area (Å²) in [6.45, 7) is 0. The Morgan fingerprint density at radius 3 is 2.40 bits per heavy atom. The minimum absolute atomic E-state index is 0.0363. The first-order chi connectivity index (χ1) is 11.7. The van der Waals surface area contributed by atoms with Gasteiger partial charge in [0, 0.05) is 5.02 Å². The molecule has 0 saturated carbocycles. The molecule has 1 aromatic carbocycles. The molecule has 2 aromatic rings. The zero-order chi connectivity index (χ0) is 18.7. The molecule has 0 radical (unpaired) electrons. The van der Waals surface area contributed by atoms with Crippen molar-refractivity contribution in [2.24, 2.45) is 0 Å². The highest BCUT2D eigenvalue weighted by Crippen LogP contribution is 2.34. The van der Waals surface area contributed by atoms with Gasteiger partial charge < -0.3 is 11.1 Å². The molecule has 1 heterocycles. The fourth-order valence-electron chi connectivity index (χ4n) is 1.60. The van der Waals surface area contributed by atoms with Crippen molar-refractivity contribution in [2.45, 2.75) is 0 Å². The number of carbonyl (C=O) groups excluding carboxylic acids is 1. The van der Waals surface area contributed by atoms with Crippen LogP contribution in [0, 0.1) is 0 Å². The van der Waals surface area contributed by atoms with Crippen molar-refractivity contribution in [3.8, 4) is 0 Å². The molecular weight excluding hydrogens is 452 g/mol. The SMILES string of the molecule is Nc1c(Cl)c(Cl)nc(C(=O)NNC(=S)Nc2ccc(Cl)cc2Cl)c1Cl. The lowest BCUT2D eigenvalue weighted by molar-refractivity contribution is 0.0939. The number of carbonyl (C=O) groups is 1. The number of nitrogen functional groups attached to an aromatic ring is 1. The number of hydrogen-bond acceptors (Lipinski definition) is 4. The molecular formula is C13H8Cl5N5OS. The van der Waals surface area contributed by atoms with Crippen molar-refractivity contribution in [3.05, 3.63) is 49.1 Å². The second kappa shape index (κ2) is 8.44. The topological polar surface area (TPSA) is 92.1 Å². The molecule has 0 aliphatic carbocycles. The van der Waals surface area contributed by atoms with Gasteiger partial charge in [-0.05, 0) is 30.4 Å². The number of anilines is 2. The normalized spacial score (nSPS) is 10.3. The van der Waals surface area contributed by atoms with Gasteiger partial charge in [-0.1, -0.05) is 58.0 Å². The molecule has 12 heteroatoms. The highest BCUT2D eigenvalue weighted by molar-refractivity contribution is 7.80. The van der Waals surface area contributed by atoms with Gasteiger partial charge in [0.25, 0.3) is 5.91 Å². The van der Waals surface area contributed by atoms with Crippen LogP contribution in [0.25, 0.3) is 0 Å². The van der Waals surface area contributed by atoms with E-state index in [0.29, 0.717) is 15.7 Å². The largest absolute Gasteiger partial charge is 0.396 e. The minimum Gasteiger partial charge on any atom is -0.396 e. The molecule has 25 heavy (non-hydrogen) atoms. The van der Waals surface area contributed by atoms with E-state index in [9.17, 15) is 4.79 Å². The number of nitrogens with zero attached hydrogens (tertiary/aromatic N) is 1. The molecule has 0 saturated heterocycles. The van der Waals surface area contributed by atoms with Crippen LogP contribution in [0.15, 0.2) is 18.2 Å². The maximum atomic E-state index is 12.1. The molecule has 132 valence electrons. The number of rotatable bonds is 2. The Labute approximate surface area is 172 Å². The van der Waals surface area contributed by atoms with Crippen LogP contribution in [-0.4, -0.2) is 16.0 Å². The molecule has 6 nitrogen and oxygen atoms in total. The Kier molecular flexibility index (Phi) is 6.79. The van der Waals surface area contributed by atoms with E-state index in [0.717, 1.165) is 0 Å². The average Bonchev–Trinajstić information content (AvgIpc) is 2.56. The van der Waals surface area contributed by atoms with Crippen LogP contribution in [0.1, 0.15) is 10.5 Å². The molecule has 0 aliphatic rings. The van der Waals surface area contributed by atoms with Gasteiger partial charge in [-0.3, -0.25) is 15.6 Å². The van der Waals surface area contributed by atoms with Crippen molar-refractivity contribution in [3.63, 3.8) is 0 Å². The van der Waals surface area contributed by atoms with Crippen LogP contribution < -0.4 is 21.9 Å². The quantitative estimate of drug-likeness (QED) is 0.299. The number of aromatic nitrogens is 1. The van der Waals surface area contributed by atoms with Gasteiger partial charge in [0.1, 0.15) is 5.02 Å². The summed E-state index contributed by atoms with van der Waals surface area (Å²) in [5.41, 5.74) is 10.6. The number of pyridine rings is 1. The lowest BCUT2D eigenvalue weighted by atomic mass is 10.3. The van der Waals surface area contributed by atoms with Gasteiger partial charge in [0.15, 0.2) is 16.0 Å². The zero-order valence-corrected chi connectivity index (χ0v) is 16.6. The van der Waals surface area contributed by atoms with Gasteiger partial charge in [-0.2, -0.15) is 0 Å². The van der Waals surface area contributed by atoms with Gasteiger partial charge in [-0.25, -0.2) is 4.98 Å². The highest BCUT2D eigenvalue weighted by Gasteiger charge is 2.19. The van der Waals surface area contributed by atoms with Crippen LogP contribution >= 0.6 is 70.2 Å². The maximum Gasteiger partial charge on any atom is 0.289 e. The first-order valence-corrected chi connectivity index (χ1v) is 8.63. The van der Waals surface area contributed by atoms with Crippen molar-refractivity contribution in [1.29, 1.82) is 0 Å². The highest BCUT2D eigenvalue weighted by atomic mass is 35.5. The molecule has 0 atom stereocenters. The monoisotopic (exact) mass is 457 g/mol. The molecule has 0 aliphatic heterocycles. The Morgan fingerprint density at radius 2 is 1.76 bits per heavy atom. The van der Waals surface area contributed by atoms with Crippen LogP contribution in [0.4, 0.5) is 11.4 Å². The van der Waals surface area contributed by atoms with Crippen LogP contribution in [0.3, 0.4) is 0 Å². The molecule has 0 bridgehead atoms. The van der Waals surface area contributed by atoms with E-state index in [-0.39, 0.29) is 31.7 Å². The van der Waals surface area contributed by atoms with E-state index in [1.54, 1.807) is 12.1 Å². The molecule has 1 aromatic heterocycles. The van der Waals surface area contributed by atoms with E-state index in [1.807, 2.05) is 0 Å². The average molecular weight is 460 g/mol. The number of thiocarbonyl (C=S) groups is 1. The number of nitrogens with two attached hydrogens (primary N) is 1. The van der Waals surface area contributed by atoms with Crippen LogP contribution in [0.5, 0.6) is 0 Å². The summed E-state index contributed by atoms with van der Waals surface area (Å²) in [5, 5.41) is 3.34. The van der Waals surface area contributed by atoms with Gasteiger partial charge in [0.2, 0.25) is 0 Å². The van der Waals surface area contributed by atoms with E-state index in [4.69, 9.17) is 76.0 Å². The fourth-order valence-corrected chi connectivity index (χ4v) is 2.81. The zero-order valence-electron chi connectivity index (χ0n) is 12.0. The Balaban J connectivity index is 2.04. The second-order valence-corrected chi connectivity index (χ2v) is 6.82. The summed E-state index contributed by atoms with van der Waals surface area (Å²) in [6, 6.07) is 4.78. The standard InChI is InChI=1S/C13H8Cl5N5OS/c14-4-1-2-6(5(15)3-4)20-13(25)23-22-12(24)10-7(16)9(19)8(17)11(18)21-10/h1-3H,(H2,19,21)(H,22,24)(H2,20,23,25). The third-order valence-electron chi connectivity index (χ3n) is 2.76. The lowest BCUT2D eigenvalue weighted by Gasteiger charge is -2.13. The Hall–Kier alpha value is -1.22. The number of hydrogen-bond donors (Lipinski definition) is 4. The van der Waals surface area contributed by atoms with Crippen molar-refractivity contribution in [2.75, 3.05) is 11.1 Å². The van der Waals surface area contributed by atoms with Gasteiger partial charge in [-0.15, -0.1) is 0 Å². The van der Waals surface area contributed by atoms with Gasteiger partial charge >= 0.3 is 0 Å². The summed E-state index contributed by atoms with van der Waals surface area (Å²) >= 11 is 34.4. The minimum atomic E-state index is -0.721. The maximum absolute atomic E-state index is 12.1. The van der Waals surface area contributed by atoms with E-state index < -0.39 is 5.91 Å². The van der Waals surface area contributed by atoms with Gasteiger partial charge in [0.05, 0.1) is 21.4 Å². The Bertz CT molecular complexity index is 863. The van der Waals surface area contributed by atoms with E-state index in [1.165, 1.54) is 6.07 Å². The molecule has 0 spiro atoms. The molecule has 0 fully saturated rings. The third kappa shape index (κ3) is 4.91. The molecule has 5 N–H and O–H groups in total. The first-order valence-electron chi connectivity index (χ1n) is 6.33. The summed E-state index contributed by atoms with van der Waals surface area (Å²) in [5.74, 6) is -0.721. The number of amides is 1. The summed E-state index contributed by atoms with van der Waals surface area (Å²) in [4.78, 5) is 15.9. The fraction of sp³-hybridized carbons (Fsp3) is 0. The van der Waals surface area contributed by atoms with E-state index in [2.05, 4.69) is 21.2 Å². The number of hydrazine groups is 1. The summed E-state index contributed by atoms with van der Waals surface area (Å²) < 4.78 is 0. The third-order valence-corrected chi connectivity index (χ3v) is 4.64. The first kappa shape index (κ1) is 20.1. The molecule has 2 rings (SSSR count). The van der Waals surface area contributed by atoms with Crippen molar-refractivity contribution in [1.82, 2.24) is 15.8 Å². The second-order valence-electron chi connectivity index (χ2n) is 4.45. The predicted molar refractivity (Wildman–Crippen MR) is 107 cm³/mol. The van der Waals surface area contributed by atoms with Crippen molar-refractivity contribution < 1.29 is 4.79 Å². The summed E-state index contributed by atoms with van der Waals surface area (Å²) in [7, 11) is 0. The lowest BCUT2D eigenvalue weighted by Crippen LogP contribution is -2.44. The predicted octanol–water partition coefficient (Wildman–Crippen LogP) is 4.56. The molecule has 1 amide bonds. The summed E-state index contributed by atoms with van der Waals surface area (Å²) in [6.07, 6.45) is 0. The number of benzene rings is 1. The number of nitrogens with one attached hydrogen (secondary N) is 3. The number of halogens is 5. The Morgan fingerprint density at radius 1 is 1.08 bits per heavy atom. The van der Waals surface area contributed by atoms with Crippen molar-refractivity contribution >= 4 is 92.6 Å². The van der Waals surface area contributed by atoms with Crippen LogP contribution in [0.2, 0.25) is 25.2 Å². The van der Waals surface area contributed by atoms with Crippen LogP contribution in [-0.2, 0) is 0 Å². The van der Waals surface area contributed by atoms with E-state index >= 15 is 0 Å².